The molecule has 1 rings (SSSR count). The summed E-state index contributed by atoms with van der Waals surface area (Å²) in [4.78, 5) is 0. The first kappa shape index (κ1) is 14.0. The molecule has 0 bridgehead atoms. The lowest BCUT2D eigenvalue weighted by Crippen LogP contribution is -2.36. The second-order valence-corrected chi connectivity index (χ2v) is 6.58. The molecular formula is C14H29NO. The molecule has 1 fully saturated rings. The van der Waals surface area contributed by atoms with Crippen molar-refractivity contribution in [3.05, 3.63) is 0 Å². The lowest BCUT2D eigenvalue weighted by molar-refractivity contribution is 0.145. The number of hydrogen-bond acceptors (Lipinski definition) is 2. The summed E-state index contributed by atoms with van der Waals surface area (Å²) in [5.74, 6) is 1.73. The first-order valence-corrected chi connectivity index (χ1v) is 6.77. The van der Waals surface area contributed by atoms with Crippen LogP contribution in [0.25, 0.3) is 0 Å². The molecule has 1 atom stereocenters. The van der Waals surface area contributed by atoms with Gasteiger partial charge in [-0.05, 0) is 56.4 Å². The van der Waals surface area contributed by atoms with Crippen LogP contribution in [0.3, 0.4) is 0 Å². The molecular weight excluding hydrogens is 198 g/mol. The topological polar surface area (TPSA) is 32.3 Å². The molecule has 0 aliphatic heterocycles. The molecule has 0 heterocycles. The highest BCUT2D eigenvalue weighted by molar-refractivity contribution is 4.81. The van der Waals surface area contributed by atoms with E-state index < -0.39 is 0 Å². The molecule has 0 aromatic heterocycles. The highest BCUT2D eigenvalue weighted by atomic mass is 16.3. The largest absolute Gasteiger partial charge is 0.395 e. The molecule has 0 saturated heterocycles. The minimum Gasteiger partial charge on any atom is -0.395 e. The van der Waals surface area contributed by atoms with E-state index in [1.165, 1.54) is 25.7 Å². The van der Waals surface area contributed by atoms with Gasteiger partial charge < -0.3 is 10.4 Å². The van der Waals surface area contributed by atoms with Crippen LogP contribution in [-0.4, -0.2) is 24.3 Å². The first-order valence-electron chi connectivity index (χ1n) is 6.77. The second-order valence-electron chi connectivity index (χ2n) is 6.58. The molecule has 0 spiro atoms. The van der Waals surface area contributed by atoms with Gasteiger partial charge >= 0.3 is 0 Å². The summed E-state index contributed by atoms with van der Waals surface area (Å²) < 4.78 is 0. The van der Waals surface area contributed by atoms with Gasteiger partial charge in [-0.1, -0.05) is 20.8 Å². The lowest BCUT2D eigenvalue weighted by Gasteiger charge is -2.37. The first-order chi connectivity index (χ1) is 7.43. The summed E-state index contributed by atoms with van der Waals surface area (Å²) >= 11 is 0. The Morgan fingerprint density at radius 1 is 1.19 bits per heavy atom. The molecule has 0 amide bonds. The Labute approximate surface area is 101 Å². The molecule has 2 heteroatoms. The highest BCUT2D eigenvalue weighted by Crippen LogP contribution is 2.39. The Morgan fingerprint density at radius 2 is 1.75 bits per heavy atom. The minimum absolute atomic E-state index is 0.247. The third kappa shape index (κ3) is 4.42. The maximum absolute atomic E-state index is 8.95. The van der Waals surface area contributed by atoms with E-state index in [-0.39, 0.29) is 12.6 Å². The van der Waals surface area contributed by atoms with Crippen LogP contribution in [0, 0.1) is 17.3 Å². The molecule has 1 aliphatic carbocycles. The molecule has 0 aromatic carbocycles. The van der Waals surface area contributed by atoms with Crippen LogP contribution in [0.15, 0.2) is 0 Å². The Morgan fingerprint density at radius 3 is 2.19 bits per heavy atom. The number of nitrogens with one attached hydrogen (secondary N) is 1. The smallest absolute Gasteiger partial charge is 0.0581 e. The van der Waals surface area contributed by atoms with E-state index in [0.29, 0.717) is 5.41 Å². The fraction of sp³-hybridized carbons (Fsp3) is 1.00. The zero-order valence-electron chi connectivity index (χ0n) is 11.4. The van der Waals surface area contributed by atoms with Crippen molar-refractivity contribution in [2.75, 3.05) is 13.2 Å². The second kappa shape index (κ2) is 6.02. The molecule has 2 nitrogen and oxygen atoms in total. The van der Waals surface area contributed by atoms with Crippen molar-refractivity contribution in [2.24, 2.45) is 17.3 Å². The van der Waals surface area contributed by atoms with Crippen LogP contribution < -0.4 is 5.32 Å². The molecule has 0 aromatic rings. The maximum Gasteiger partial charge on any atom is 0.0581 e. The predicted molar refractivity (Wildman–Crippen MR) is 69.5 cm³/mol. The van der Waals surface area contributed by atoms with Gasteiger partial charge in [0, 0.05) is 6.04 Å². The van der Waals surface area contributed by atoms with Gasteiger partial charge in [0.25, 0.3) is 0 Å². The summed E-state index contributed by atoms with van der Waals surface area (Å²) in [5.41, 5.74) is 0.483. The van der Waals surface area contributed by atoms with Gasteiger partial charge in [-0.15, -0.1) is 0 Å². The quantitative estimate of drug-likeness (QED) is 0.774. The number of aliphatic hydroxyl groups excluding tert-OH is 1. The Hall–Kier alpha value is -0.0800. The van der Waals surface area contributed by atoms with E-state index in [4.69, 9.17) is 5.11 Å². The molecule has 0 unspecified atom stereocenters. The fourth-order valence-corrected chi connectivity index (χ4v) is 2.66. The molecule has 0 radical (unpaired) electrons. The normalized spacial score (nSPS) is 29.1. The summed E-state index contributed by atoms with van der Waals surface area (Å²) in [5, 5.41) is 12.4. The molecule has 16 heavy (non-hydrogen) atoms. The van der Waals surface area contributed by atoms with Crippen molar-refractivity contribution < 1.29 is 5.11 Å². The van der Waals surface area contributed by atoms with E-state index in [1.807, 2.05) is 6.92 Å². The zero-order chi connectivity index (χ0) is 12.2. The maximum atomic E-state index is 8.95. The average Bonchev–Trinajstić information content (AvgIpc) is 2.25. The monoisotopic (exact) mass is 227 g/mol. The summed E-state index contributed by atoms with van der Waals surface area (Å²) in [6.45, 7) is 10.5. The van der Waals surface area contributed by atoms with Crippen molar-refractivity contribution in [1.82, 2.24) is 5.32 Å². The third-order valence-corrected chi connectivity index (χ3v) is 4.10. The van der Waals surface area contributed by atoms with Crippen LogP contribution in [-0.2, 0) is 0 Å². The van der Waals surface area contributed by atoms with Gasteiger partial charge in [-0.2, -0.15) is 0 Å². The lowest BCUT2D eigenvalue weighted by atomic mass is 9.70. The summed E-state index contributed by atoms with van der Waals surface area (Å²) in [7, 11) is 0. The number of aliphatic hydroxyl groups is 1. The number of hydrogen-bond donors (Lipinski definition) is 2. The summed E-state index contributed by atoms with van der Waals surface area (Å²) in [6.07, 6.45) is 5.47. The van der Waals surface area contributed by atoms with Gasteiger partial charge in [0.2, 0.25) is 0 Å². The highest BCUT2D eigenvalue weighted by Gasteiger charge is 2.29. The van der Waals surface area contributed by atoms with E-state index in [1.54, 1.807) is 0 Å². The van der Waals surface area contributed by atoms with Crippen LogP contribution in [0.1, 0.15) is 53.4 Å². The number of rotatable bonds is 4. The Bertz CT molecular complexity index is 189. The van der Waals surface area contributed by atoms with Gasteiger partial charge in [-0.25, -0.2) is 0 Å². The van der Waals surface area contributed by atoms with E-state index >= 15 is 0 Å². The Kier molecular flexibility index (Phi) is 5.26. The molecule has 1 saturated carbocycles. The third-order valence-electron chi connectivity index (χ3n) is 4.10. The average molecular weight is 227 g/mol. The van der Waals surface area contributed by atoms with E-state index in [0.717, 1.165) is 18.4 Å². The van der Waals surface area contributed by atoms with E-state index in [2.05, 4.69) is 26.1 Å². The van der Waals surface area contributed by atoms with Gasteiger partial charge in [-0.3, -0.25) is 0 Å². The van der Waals surface area contributed by atoms with Crippen molar-refractivity contribution in [2.45, 2.75) is 59.4 Å². The van der Waals surface area contributed by atoms with Crippen LogP contribution >= 0.6 is 0 Å². The van der Waals surface area contributed by atoms with Gasteiger partial charge in [0.15, 0.2) is 0 Å². The van der Waals surface area contributed by atoms with Crippen LogP contribution in [0.4, 0.5) is 0 Å². The van der Waals surface area contributed by atoms with Crippen LogP contribution in [0.2, 0.25) is 0 Å². The van der Waals surface area contributed by atoms with Gasteiger partial charge in [0.05, 0.1) is 6.61 Å². The SMILES string of the molecule is C[C@H](CO)NCC1CCC(C(C)(C)C)CC1. The van der Waals surface area contributed by atoms with Gasteiger partial charge in [0.1, 0.15) is 0 Å². The van der Waals surface area contributed by atoms with E-state index in [9.17, 15) is 0 Å². The van der Waals surface area contributed by atoms with Crippen molar-refractivity contribution in [3.63, 3.8) is 0 Å². The molecule has 96 valence electrons. The van der Waals surface area contributed by atoms with Crippen LogP contribution in [0.5, 0.6) is 0 Å². The Balaban J connectivity index is 2.22. The standard InChI is InChI=1S/C14H29NO/c1-11(10-16)15-9-12-5-7-13(8-6-12)14(2,3)4/h11-13,15-16H,5-10H2,1-4H3/t11-,12?,13?/m1/s1. The minimum atomic E-state index is 0.247. The van der Waals surface area contributed by atoms with Crippen molar-refractivity contribution in [3.8, 4) is 0 Å². The zero-order valence-corrected chi connectivity index (χ0v) is 11.4. The molecule has 1 aliphatic rings. The van der Waals surface area contributed by atoms with Crippen molar-refractivity contribution >= 4 is 0 Å². The fourth-order valence-electron chi connectivity index (χ4n) is 2.66. The summed E-state index contributed by atoms with van der Waals surface area (Å²) in [6, 6.07) is 0.250. The predicted octanol–water partition coefficient (Wildman–Crippen LogP) is 2.81. The molecule has 2 N–H and O–H groups in total. The van der Waals surface area contributed by atoms with Crippen molar-refractivity contribution in [1.29, 1.82) is 0 Å².